The van der Waals surface area contributed by atoms with Crippen LogP contribution in [0.1, 0.15) is 29.2 Å². The molecule has 2 heterocycles. The number of amides is 1. The first-order valence-corrected chi connectivity index (χ1v) is 12.3. The van der Waals surface area contributed by atoms with E-state index in [4.69, 9.17) is 16.6 Å². The minimum atomic E-state index is 0. The van der Waals surface area contributed by atoms with Crippen LogP contribution >= 0.6 is 24.0 Å². The first-order valence-electron chi connectivity index (χ1n) is 11.9. The number of hydrogen-bond donors (Lipinski definition) is 1. The summed E-state index contributed by atoms with van der Waals surface area (Å²) in [4.78, 5) is 22.2. The molecule has 35 heavy (non-hydrogen) atoms. The van der Waals surface area contributed by atoms with Crippen molar-refractivity contribution in [1.82, 2.24) is 10.2 Å². The summed E-state index contributed by atoms with van der Waals surface area (Å²) >= 11 is 6.37. The van der Waals surface area contributed by atoms with Crippen LogP contribution in [0.15, 0.2) is 83.9 Å². The zero-order valence-electron chi connectivity index (χ0n) is 19.6. The highest BCUT2D eigenvalue weighted by atomic mass is 35.5. The summed E-state index contributed by atoms with van der Waals surface area (Å²) in [6, 6.07) is 26.7. The number of piperazine rings is 1. The Balaban J connectivity index is 0.00000289. The maximum absolute atomic E-state index is 13.1. The SMILES string of the molecule is Cl.O=C1CN=C(c2ccccc2)c2cc(Cl)ccc2N1CCCN1CCNC(c2ccccc2)C1. The average Bonchev–Trinajstić information content (AvgIpc) is 3.01. The van der Waals surface area contributed by atoms with Gasteiger partial charge in [0.1, 0.15) is 6.54 Å². The molecule has 0 bridgehead atoms. The number of fused-ring (bicyclic) bond motifs is 1. The van der Waals surface area contributed by atoms with Crippen molar-refractivity contribution >= 4 is 41.3 Å². The highest BCUT2D eigenvalue weighted by Crippen LogP contribution is 2.30. The minimum Gasteiger partial charge on any atom is -0.310 e. The standard InChI is InChI=1S/C28H29ClN4O.ClH/c29-23-12-13-26-24(18-23)28(22-10-5-2-6-11-22)31-19-27(34)33(26)16-7-15-32-17-14-30-25(20-32)21-8-3-1-4-9-21;/h1-6,8-13,18,25,30H,7,14-17,19-20H2;1H. The summed E-state index contributed by atoms with van der Waals surface area (Å²) in [7, 11) is 0. The van der Waals surface area contributed by atoms with E-state index in [1.165, 1.54) is 5.56 Å². The summed E-state index contributed by atoms with van der Waals surface area (Å²) in [6.45, 7) is 4.71. The molecule has 1 fully saturated rings. The molecule has 0 aromatic heterocycles. The summed E-state index contributed by atoms with van der Waals surface area (Å²) < 4.78 is 0. The average molecular weight is 509 g/mol. The van der Waals surface area contributed by atoms with Gasteiger partial charge in [-0.05, 0) is 36.7 Å². The van der Waals surface area contributed by atoms with Crippen molar-refractivity contribution in [3.63, 3.8) is 0 Å². The Morgan fingerprint density at radius 2 is 1.71 bits per heavy atom. The lowest BCUT2D eigenvalue weighted by Gasteiger charge is -2.34. The summed E-state index contributed by atoms with van der Waals surface area (Å²) in [5, 5.41) is 4.27. The number of benzodiazepines with no additional fused rings is 1. The van der Waals surface area contributed by atoms with Crippen LogP contribution in [0.2, 0.25) is 5.02 Å². The third kappa shape index (κ3) is 5.93. The molecule has 1 saturated heterocycles. The lowest BCUT2D eigenvalue weighted by Crippen LogP contribution is -2.46. The first-order chi connectivity index (χ1) is 16.7. The van der Waals surface area contributed by atoms with Crippen LogP contribution in [-0.2, 0) is 4.79 Å². The predicted molar refractivity (Wildman–Crippen MR) is 146 cm³/mol. The second-order valence-corrected chi connectivity index (χ2v) is 9.25. The molecule has 1 amide bonds. The van der Waals surface area contributed by atoms with E-state index in [-0.39, 0.29) is 24.9 Å². The van der Waals surface area contributed by atoms with Crippen LogP contribution < -0.4 is 10.2 Å². The van der Waals surface area contributed by atoms with E-state index in [2.05, 4.69) is 40.5 Å². The molecule has 5 nitrogen and oxygen atoms in total. The van der Waals surface area contributed by atoms with Crippen molar-refractivity contribution < 1.29 is 4.79 Å². The van der Waals surface area contributed by atoms with Crippen molar-refractivity contribution in [2.75, 3.05) is 44.2 Å². The fourth-order valence-corrected chi connectivity index (χ4v) is 5.02. The second kappa shape index (κ2) is 11.8. The van der Waals surface area contributed by atoms with Gasteiger partial charge in [0, 0.05) is 48.4 Å². The first kappa shape index (κ1) is 25.4. The second-order valence-electron chi connectivity index (χ2n) is 8.81. The molecule has 5 rings (SSSR count). The number of halogens is 2. The van der Waals surface area contributed by atoms with E-state index >= 15 is 0 Å². The third-order valence-corrected chi connectivity index (χ3v) is 6.78. The number of nitrogens with one attached hydrogen (secondary N) is 1. The fourth-order valence-electron chi connectivity index (χ4n) is 4.85. The van der Waals surface area contributed by atoms with Gasteiger partial charge in [-0.2, -0.15) is 0 Å². The molecule has 0 saturated carbocycles. The van der Waals surface area contributed by atoms with Crippen LogP contribution in [0.25, 0.3) is 0 Å². The Morgan fingerprint density at radius 1 is 0.971 bits per heavy atom. The zero-order chi connectivity index (χ0) is 23.3. The topological polar surface area (TPSA) is 47.9 Å². The van der Waals surface area contributed by atoms with E-state index in [1.807, 2.05) is 53.4 Å². The third-order valence-electron chi connectivity index (χ3n) is 6.54. The molecule has 1 N–H and O–H groups in total. The van der Waals surface area contributed by atoms with Gasteiger partial charge in [0.05, 0.1) is 11.4 Å². The number of rotatable bonds is 6. The van der Waals surface area contributed by atoms with Gasteiger partial charge in [-0.3, -0.25) is 9.79 Å². The molecule has 182 valence electrons. The molecule has 2 aliphatic rings. The van der Waals surface area contributed by atoms with Gasteiger partial charge in [0.15, 0.2) is 0 Å². The smallest absolute Gasteiger partial charge is 0.248 e. The number of carbonyl (C=O) groups is 1. The molecule has 1 unspecified atom stereocenters. The normalized spacial score (nSPS) is 18.3. The van der Waals surface area contributed by atoms with E-state index in [0.29, 0.717) is 17.6 Å². The number of carbonyl (C=O) groups excluding carboxylic acids is 1. The van der Waals surface area contributed by atoms with Crippen molar-refractivity contribution in [1.29, 1.82) is 0 Å². The Bertz CT molecular complexity index is 1170. The van der Waals surface area contributed by atoms with Crippen LogP contribution in [0, 0.1) is 0 Å². The van der Waals surface area contributed by atoms with Crippen molar-refractivity contribution in [3.05, 3.63) is 101 Å². The van der Waals surface area contributed by atoms with Crippen molar-refractivity contribution in [3.8, 4) is 0 Å². The lowest BCUT2D eigenvalue weighted by atomic mass is 10.00. The molecule has 0 radical (unpaired) electrons. The van der Waals surface area contributed by atoms with Crippen LogP contribution in [-0.4, -0.2) is 55.8 Å². The number of aliphatic imine (C=N–C) groups is 1. The monoisotopic (exact) mass is 508 g/mol. The fraction of sp³-hybridized carbons (Fsp3) is 0.286. The van der Waals surface area contributed by atoms with Crippen molar-refractivity contribution in [2.24, 2.45) is 4.99 Å². The van der Waals surface area contributed by atoms with Gasteiger partial charge < -0.3 is 15.1 Å². The number of hydrogen-bond acceptors (Lipinski definition) is 4. The van der Waals surface area contributed by atoms with Gasteiger partial charge in [0.25, 0.3) is 0 Å². The molecule has 0 spiro atoms. The van der Waals surface area contributed by atoms with E-state index in [9.17, 15) is 4.79 Å². The maximum Gasteiger partial charge on any atom is 0.248 e. The largest absolute Gasteiger partial charge is 0.310 e. The van der Waals surface area contributed by atoms with E-state index < -0.39 is 0 Å². The molecule has 3 aromatic rings. The maximum atomic E-state index is 13.1. The molecule has 1 atom stereocenters. The van der Waals surface area contributed by atoms with Gasteiger partial charge in [-0.25, -0.2) is 0 Å². The minimum absolute atomic E-state index is 0. The van der Waals surface area contributed by atoms with Gasteiger partial charge in [0.2, 0.25) is 5.91 Å². The van der Waals surface area contributed by atoms with Crippen molar-refractivity contribution in [2.45, 2.75) is 12.5 Å². The van der Waals surface area contributed by atoms with Gasteiger partial charge >= 0.3 is 0 Å². The molecule has 2 aliphatic heterocycles. The summed E-state index contributed by atoms with van der Waals surface area (Å²) in [5.74, 6) is 0.0250. The zero-order valence-corrected chi connectivity index (χ0v) is 21.1. The molecule has 3 aromatic carbocycles. The van der Waals surface area contributed by atoms with E-state index in [0.717, 1.165) is 55.1 Å². The van der Waals surface area contributed by atoms with Crippen LogP contribution in [0.4, 0.5) is 5.69 Å². The number of nitrogens with zero attached hydrogens (tertiary/aromatic N) is 3. The van der Waals surface area contributed by atoms with Gasteiger partial charge in [-0.15, -0.1) is 12.4 Å². The Kier molecular flexibility index (Phi) is 8.58. The number of benzene rings is 3. The Morgan fingerprint density at radius 3 is 2.49 bits per heavy atom. The quantitative estimate of drug-likeness (QED) is 0.510. The summed E-state index contributed by atoms with van der Waals surface area (Å²) in [6.07, 6.45) is 0.899. The van der Waals surface area contributed by atoms with Crippen LogP contribution in [0.3, 0.4) is 0 Å². The molecule has 7 heteroatoms. The van der Waals surface area contributed by atoms with E-state index in [1.54, 1.807) is 0 Å². The Hall–Kier alpha value is -2.70. The highest BCUT2D eigenvalue weighted by molar-refractivity contribution is 6.32. The molecular weight excluding hydrogens is 479 g/mol. The molecule has 0 aliphatic carbocycles. The Labute approximate surface area is 218 Å². The lowest BCUT2D eigenvalue weighted by molar-refractivity contribution is -0.117. The summed E-state index contributed by atoms with van der Waals surface area (Å²) in [5.41, 5.74) is 4.94. The molecular formula is C28H30Cl2N4O. The highest BCUT2D eigenvalue weighted by Gasteiger charge is 2.26. The van der Waals surface area contributed by atoms with Gasteiger partial charge in [-0.1, -0.05) is 72.3 Å². The number of anilines is 1. The van der Waals surface area contributed by atoms with Crippen LogP contribution in [0.5, 0.6) is 0 Å². The predicted octanol–water partition coefficient (Wildman–Crippen LogP) is 4.98.